The molecule has 0 atom stereocenters. The molecule has 0 unspecified atom stereocenters. The molecule has 2 aliphatic heterocycles. The van der Waals surface area contributed by atoms with Crippen LogP contribution >= 0.6 is 0 Å². The lowest BCUT2D eigenvalue weighted by molar-refractivity contribution is 0.231. The summed E-state index contributed by atoms with van der Waals surface area (Å²) >= 11 is 0. The van der Waals surface area contributed by atoms with E-state index in [2.05, 4.69) is 44.0 Å². The largest absolute Gasteiger partial charge is 0.369 e. The molecule has 2 aliphatic rings. The van der Waals surface area contributed by atoms with E-state index in [1.807, 2.05) is 0 Å². The minimum Gasteiger partial charge on any atom is -0.369 e. The Morgan fingerprint density at radius 1 is 1.04 bits per heavy atom. The van der Waals surface area contributed by atoms with Crippen molar-refractivity contribution in [3.63, 3.8) is 0 Å². The highest BCUT2D eigenvalue weighted by molar-refractivity contribution is 5.57. The topological polar surface area (TPSA) is 35.8 Å². The molecule has 0 spiro atoms. The fourth-order valence-corrected chi connectivity index (χ4v) is 3.72. The predicted octanol–water partition coefficient (Wildman–Crippen LogP) is 1.77. The van der Waals surface area contributed by atoms with Crippen molar-refractivity contribution in [3.8, 4) is 0 Å². The Morgan fingerprint density at radius 3 is 2.70 bits per heavy atom. The van der Waals surface area contributed by atoms with E-state index in [0.717, 1.165) is 44.8 Å². The number of likely N-dealkylation sites (tertiary alicyclic amines) is 1. The maximum Gasteiger partial charge on any atom is 0.139 e. The van der Waals surface area contributed by atoms with Crippen LogP contribution in [0.5, 0.6) is 0 Å². The second-order valence-electron chi connectivity index (χ2n) is 6.77. The second-order valence-corrected chi connectivity index (χ2v) is 6.77. The number of nitrogens with one attached hydrogen (secondary N) is 1. The van der Waals surface area contributed by atoms with E-state index in [0.29, 0.717) is 0 Å². The summed E-state index contributed by atoms with van der Waals surface area (Å²) in [6, 6.07) is 4.45. The molecule has 0 aromatic carbocycles. The predicted molar refractivity (Wildman–Crippen MR) is 94.3 cm³/mol. The van der Waals surface area contributed by atoms with Crippen molar-refractivity contribution in [2.75, 3.05) is 50.7 Å². The van der Waals surface area contributed by atoms with E-state index >= 15 is 0 Å². The van der Waals surface area contributed by atoms with E-state index in [1.54, 1.807) is 0 Å². The quantitative estimate of drug-likeness (QED) is 0.933. The molecule has 5 heteroatoms. The molecule has 4 rings (SSSR count). The molecule has 0 amide bonds. The lowest BCUT2D eigenvalue weighted by atomic mass is 10.1. The monoisotopic (exact) mass is 313 g/mol. The maximum absolute atomic E-state index is 4.85. The number of piperidine rings is 1. The molecule has 2 fully saturated rings. The van der Waals surface area contributed by atoms with Crippen LogP contribution in [0.15, 0.2) is 24.5 Å². The van der Waals surface area contributed by atoms with E-state index in [4.69, 9.17) is 4.98 Å². The normalized spacial score (nSPS) is 20.3. The van der Waals surface area contributed by atoms with Gasteiger partial charge in [-0.05, 0) is 32.0 Å². The Morgan fingerprint density at radius 2 is 1.87 bits per heavy atom. The third kappa shape index (κ3) is 3.51. The molecule has 4 heterocycles. The van der Waals surface area contributed by atoms with Crippen LogP contribution < -0.4 is 10.2 Å². The number of pyridine rings is 1. The molecule has 2 saturated heterocycles. The molecule has 0 bridgehead atoms. The van der Waals surface area contributed by atoms with Crippen molar-refractivity contribution in [2.24, 2.45) is 0 Å². The van der Waals surface area contributed by atoms with Gasteiger partial charge in [0.25, 0.3) is 0 Å². The number of rotatable bonds is 4. The Kier molecular flexibility index (Phi) is 4.48. The van der Waals surface area contributed by atoms with E-state index < -0.39 is 0 Å². The fourth-order valence-electron chi connectivity index (χ4n) is 3.72. The zero-order chi connectivity index (χ0) is 15.5. The summed E-state index contributed by atoms with van der Waals surface area (Å²) < 4.78 is 2.16. The van der Waals surface area contributed by atoms with Crippen LogP contribution in [-0.2, 0) is 6.42 Å². The highest BCUT2D eigenvalue weighted by Crippen LogP contribution is 2.18. The molecule has 0 radical (unpaired) electrons. The number of anilines is 1. The van der Waals surface area contributed by atoms with Crippen LogP contribution in [0, 0.1) is 0 Å². The van der Waals surface area contributed by atoms with Crippen LogP contribution in [0.1, 0.15) is 25.0 Å². The first-order chi connectivity index (χ1) is 11.4. The van der Waals surface area contributed by atoms with Crippen molar-refractivity contribution < 1.29 is 0 Å². The number of hydrogen-bond donors (Lipinski definition) is 1. The van der Waals surface area contributed by atoms with Crippen LogP contribution in [-0.4, -0.2) is 60.1 Å². The van der Waals surface area contributed by atoms with E-state index in [1.165, 1.54) is 43.7 Å². The lowest BCUT2D eigenvalue weighted by Gasteiger charge is -2.29. The van der Waals surface area contributed by atoms with Crippen molar-refractivity contribution in [1.29, 1.82) is 0 Å². The molecule has 23 heavy (non-hydrogen) atoms. The van der Waals surface area contributed by atoms with Crippen LogP contribution in [0.4, 0.5) is 5.69 Å². The lowest BCUT2D eigenvalue weighted by Crippen LogP contribution is -2.43. The first kappa shape index (κ1) is 15.0. The molecular formula is C18H27N5. The van der Waals surface area contributed by atoms with Gasteiger partial charge >= 0.3 is 0 Å². The molecular weight excluding hydrogens is 286 g/mol. The maximum atomic E-state index is 4.85. The molecule has 0 saturated carbocycles. The second kappa shape index (κ2) is 6.89. The zero-order valence-electron chi connectivity index (χ0n) is 13.9. The van der Waals surface area contributed by atoms with E-state index in [-0.39, 0.29) is 0 Å². The van der Waals surface area contributed by atoms with Gasteiger partial charge in [0.15, 0.2) is 0 Å². The van der Waals surface area contributed by atoms with Gasteiger partial charge in [-0.3, -0.25) is 0 Å². The summed E-state index contributed by atoms with van der Waals surface area (Å²) in [5.41, 5.74) is 3.59. The Hall–Kier alpha value is -1.59. The number of fused-ring (bicyclic) bond motifs is 1. The smallest absolute Gasteiger partial charge is 0.139 e. The van der Waals surface area contributed by atoms with Crippen LogP contribution in [0.3, 0.4) is 0 Å². The van der Waals surface area contributed by atoms with Gasteiger partial charge in [0, 0.05) is 63.3 Å². The highest BCUT2D eigenvalue weighted by atomic mass is 15.2. The molecule has 124 valence electrons. The third-order valence-electron chi connectivity index (χ3n) is 5.11. The molecule has 1 N–H and O–H groups in total. The van der Waals surface area contributed by atoms with Crippen molar-refractivity contribution in [3.05, 3.63) is 30.2 Å². The summed E-state index contributed by atoms with van der Waals surface area (Å²) in [6.07, 6.45) is 9.54. The summed E-state index contributed by atoms with van der Waals surface area (Å²) in [4.78, 5) is 9.87. The Bertz CT molecular complexity index is 638. The number of imidazole rings is 1. The van der Waals surface area contributed by atoms with Crippen LogP contribution in [0.25, 0.3) is 5.65 Å². The van der Waals surface area contributed by atoms with Gasteiger partial charge in [0.1, 0.15) is 5.65 Å². The Balaban J connectivity index is 1.44. The fraction of sp³-hybridized carbons (Fsp3) is 0.611. The van der Waals surface area contributed by atoms with Crippen molar-refractivity contribution >= 4 is 11.3 Å². The first-order valence-electron chi connectivity index (χ1n) is 9.04. The van der Waals surface area contributed by atoms with Gasteiger partial charge < -0.3 is 19.5 Å². The van der Waals surface area contributed by atoms with Gasteiger partial charge in [0.2, 0.25) is 0 Å². The first-order valence-corrected chi connectivity index (χ1v) is 9.04. The summed E-state index contributed by atoms with van der Waals surface area (Å²) in [5, 5.41) is 3.41. The van der Waals surface area contributed by atoms with E-state index in [9.17, 15) is 0 Å². The Labute approximate surface area is 138 Å². The average molecular weight is 313 g/mol. The zero-order valence-corrected chi connectivity index (χ0v) is 13.9. The van der Waals surface area contributed by atoms with Crippen molar-refractivity contribution in [2.45, 2.75) is 25.7 Å². The minimum atomic E-state index is 1.06. The van der Waals surface area contributed by atoms with Gasteiger partial charge in [-0.15, -0.1) is 0 Å². The average Bonchev–Trinajstić information content (AvgIpc) is 3.04. The third-order valence-corrected chi connectivity index (χ3v) is 5.11. The number of piperazine rings is 1. The van der Waals surface area contributed by atoms with Gasteiger partial charge in [-0.25, -0.2) is 4.98 Å². The summed E-state index contributed by atoms with van der Waals surface area (Å²) in [6.45, 7) is 7.98. The molecule has 2 aromatic heterocycles. The highest BCUT2D eigenvalue weighted by Gasteiger charge is 2.13. The van der Waals surface area contributed by atoms with Gasteiger partial charge in [0.05, 0.1) is 5.69 Å². The van der Waals surface area contributed by atoms with Crippen LogP contribution in [0.2, 0.25) is 0 Å². The standard InChI is InChI=1S/C18H27N5/c1-2-8-21(9-3-1)10-4-16-15-23-11-5-17(14-18(23)20-16)22-12-6-19-7-13-22/h5,11,14-15,19H,1-4,6-10,12-13H2. The van der Waals surface area contributed by atoms with Crippen molar-refractivity contribution in [1.82, 2.24) is 19.6 Å². The summed E-state index contributed by atoms with van der Waals surface area (Å²) in [5.74, 6) is 0. The number of nitrogens with zero attached hydrogens (tertiary/aromatic N) is 4. The minimum absolute atomic E-state index is 1.06. The molecule has 2 aromatic rings. The van der Waals surface area contributed by atoms with Gasteiger partial charge in [-0.1, -0.05) is 6.42 Å². The summed E-state index contributed by atoms with van der Waals surface area (Å²) in [7, 11) is 0. The number of aromatic nitrogens is 2. The SMILES string of the molecule is c1cn2cc(CCN3CCCCC3)nc2cc1N1CCNCC1. The number of hydrogen-bond acceptors (Lipinski definition) is 4. The molecule has 5 nitrogen and oxygen atoms in total. The van der Waals surface area contributed by atoms with Gasteiger partial charge in [-0.2, -0.15) is 0 Å². The molecule has 0 aliphatic carbocycles.